The van der Waals surface area contributed by atoms with Gasteiger partial charge in [-0.05, 0) is 17.9 Å². The van der Waals surface area contributed by atoms with Crippen molar-refractivity contribution in [2.45, 2.75) is 26.3 Å². The summed E-state index contributed by atoms with van der Waals surface area (Å²) in [5, 5.41) is 5.91. The maximum atomic E-state index is 12.8. The summed E-state index contributed by atoms with van der Waals surface area (Å²) in [4.78, 5) is 33.3. The van der Waals surface area contributed by atoms with Crippen LogP contribution in [-0.2, 0) is 9.53 Å². The van der Waals surface area contributed by atoms with Gasteiger partial charge in [-0.3, -0.25) is 9.69 Å². The number of benzene rings is 1. The van der Waals surface area contributed by atoms with Gasteiger partial charge in [0.05, 0.1) is 13.2 Å². The summed E-state index contributed by atoms with van der Waals surface area (Å²) >= 11 is 1.53. The van der Waals surface area contributed by atoms with Gasteiger partial charge in [-0.1, -0.05) is 44.2 Å². The lowest BCUT2D eigenvalue weighted by molar-refractivity contribution is -0.122. The molecule has 2 heterocycles. The van der Waals surface area contributed by atoms with E-state index in [1.165, 1.54) is 11.3 Å². The van der Waals surface area contributed by atoms with Crippen LogP contribution in [0.1, 0.15) is 36.9 Å². The van der Waals surface area contributed by atoms with Crippen molar-refractivity contribution in [1.29, 1.82) is 0 Å². The van der Waals surface area contributed by atoms with E-state index >= 15 is 0 Å². The van der Waals surface area contributed by atoms with E-state index in [2.05, 4.69) is 15.2 Å². The summed E-state index contributed by atoms with van der Waals surface area (Å²) in [5.74, 6) is 0.270. The van der Waals surface area contributed by atoms with E-state index in [1.807, 2.05) is 49.6 Å². The van der Waals surface area contributed by atoms with E-state index in [0.29, 0.717) is 38.7 Å². The Balaban J connectivity index is 1.54. The summed E-state index contributed by atoms with van der Waals surface area (Å²) < 4.78 is 5.34. The lowest BCUT2D eigenvalue weighted by Crippen LogP contribution is -2.41. The van der Waals surface area contributed by atoms with E-state index in [-0.39, 0.29) is 18.0 Å². The summed E-state index contributed by atoms with van der Waals surface area (Å²) in [6.45, 7) is 7.41. The zero-order valence-corrected chi connectivity index (χ0v) is 18.4. The molecule has 0 bridgehead atoms. The van der Waals surface area contributed by atoms with Crippen LogP contribution in [0.5, 0.6) is 0 Å². The molecule has 1 unspecified atom stereocenters. The van der Waals surface area contributed by atoms with Gasteiger partial charge >= 0.3 is 6.09 Å². The number of nitrogens with zero attached hydrogens (tertiary/aromatic N) is 3. The fourth-order valence-electron chi connectivity index (χ4n) is 3.36. The molecule has 0 aliphatic carbocycles. The van der Waals surface area contributed by atoms with Gasteiger partial charge in [-0.25, -0.2) is 9.78 Å². The molecule has 1 aliphatic rings. The number of hydrogen-bond acceptors (Lipinski definition) is 6. The maximum absolute atomic E-state index is 12.8. The molecule has 1 aliphatic heterocycles. The van der Waals surface area contributed by atoms with Crippen molar-refractivity contribution in [2.24, 2.45) is 5.92 Å². The fraction of sp³-hybridized carbons (Fsp3) is 0.500. The first kappa shape index (κ1) is 22.2. The molecule has 1 aromatic carbocycles. The minimum absolute atomic E-state index is 0.0464. The van der Waals surface area contributed by atoms with Gasteiger partial charge in [0.15, 0.2) is 0 Å². The molecule has 0 spiro atoms. The fourth-order valence-corrected chi connectivity index (χ4v) is 4.07. The monoisotopic (exact) mass is 430 g/mol. The second-order valence-corrected chi connectivity index (χ2v) is 8.80. The SMILES string of the molecule is CC(C)COC(=O)N1CCCN(CC(=O)NC(c2ccccc2)c2nccs2)CC1. The second kappa shape index (κ2) is 11.1. The average molecular weight is 431 g/mol. The first-order valence-corrected chi connectivity index (χ1v) is 11.3. The second-order valence-electron chi connectivity index (χ2n) is 7.87. The lowest BCUT2D eigenvalue weighted by Gasteiger charge is -2.23. The molecule has 1 saturated heterocycles. The number of thiazole rings is 1. The van der Waals surface area contributed by atoms with Crippen LogP contribution in [0.4, 0.5) is 4.79 Å². The Morgan fingerprint density at radius 2 is 1.97 bits per heavy atom. The van der Waals surface area contributed by atoms with Gasteiger partial charge in [0, 0.05) is 37.8 Å². The Labute approximate surface area is 182 Å². The van der Waals surface area contributed by atoms with Gasteiger partial charge in [0.2, 0.25) is 5.91 Å². The Bertz CT molecular complexity index is 798. The molecule has 1 aromatic heterocycles. The molecular formula is C22H30N4O3S. The smallest absolute Gasteiger partial charge is 0.409 e. The van der Waals surface area contributed by atoms with Crippen molar-refractivity contribution in [3.8, 4) is 0 Å². The number of rotatable bonds is 7. The van der Waals surface area contributed by atoms with Crippen molar-refractivity contribution in [1.82, 2.24) is 20.1 Å². The third-order valence-electron chi connectivity index (χ3n) is 4.89. The minimum atomic E-state index is -0.261. The minimum Gasteiger partial charge on any atom is -0.449 e. The van der Waals surface area contributed by atoms with Crippen molar-refractivity contribution in [3.63, 3.8) is 0 Å². The molecule has 1 fully saturated rings. The molecular weight excluding hydrogens is 400 g/mol. The van der Waals surface area contributed by atoms with Crippen molar-refractivity contribution < 1.29 is 14.3 Å². The molecule has 2 aromatic rings. The van der Waals surface area contributed by atoms with Crippen LogP contribution in [0.3, 0.4) is 0 Å². The number of amides is 2. The number of ether oxygens (including phenoxy) is 1. The van der Waals surface area contributed by atoms with Crippen molar-refractivity contribution in [2.75, 3.05) is 39.3 Å². The zero-order valence-electron chi connectivity index (χ0n) is 17.6. The number of aromatic nitrogens is 1. The average Bonchev–Trinajstić information content (AvgIpc) is 3.17. The van der Waals surface area contributed by atoms with Crippen molar-refractivity contribution >= 4 is 23.3 Å². The van der Waals surface area contributed by atoms with Crippen molar-refractivity contribution in [3.05, 3.63) is 52.5 Å². The quantitative estimate of drug-likeness (QED) is 0.730. The summed E-state index contributed by atoms with van der Waals surface area (Å²) in [7, 11) is 0. The highest BCUT2D eigenvalue weighted by molar-refractivity contribution is 7.09. The summed E-state index contributed by atoms with van der Waals surface area (Å²) in [6, 6.07) is 9.62. The first-order chi connectivity index (χ1) is 14.5. The van der Waals surface area contributed by atoms with Gasteiger partial charge in [-0.15, -0.1) is 11.3 Å². The molecule has 2 amide bonds. The Kier molecular flexibility index (Phi) is 8.21. The zero-order chi connectivity index (χ0) is 21.3. The predicted molar refractivity (Wildman–Crippen MR) is 117 cm³/mol. The highest BCUT2D eigenvalue weighted by Crippen LogP contribution is 2.23. The molecule has 7 nitrogen and oxygen atoms in total. The normalized spacial score (nSPS) is 16.2. The van der Waals surface area contributed by atoms with Crippen LogP contribution in [0.15, 0.2) is 41.9 Å². The van der Waals surface area contributed by atoms with Gasteiger partial charge in [0.1, 0.15) is 11.0 Å². The molecule has 30 heavy (non-hydrogen) atoms. The first-order valence-electron chi connectivity index (χ1n) is 10.4. The number of hydrogen-bond donors (Lipinski definition) is 1. The number of carbonyl (C=O) groups excluding carboxylic acids is 2. The van der Waals surface area contributed by atoms with Gasteiger partial charge in [0.25, 0.3) is 0 Å². The Morgan fingerprint density at radius 3 is 2.67 bits per heavy atom. The Morgan fingerprint density at radius 1 is 1.17 bits per heavy atom. The largest absolute Gasteiger partial charge is 0.449 e. The molecule has 1 atom stereocenters. The van der Waals surface area contributed by atoms with Crippen LogP contribution in [0.2, 0.25) is 0 Å². The van der Waals surface area contributed by atoms with E-state index in [1.54, 1.807) is 11.1 Å². The summed E-state index contributed by atoms with van der Waals surface area (Å²) in [6.07, 6.45) is 2.31. The van der Waals surface area contributed by atoms with Gasteiger partial charge < -0.3 is 15.0 Å². The molecule has 162 valence electrons. The topological polar surface area (TPSA) is 74.8 Å². The third kappa shape index (κ3) is 6.53. The van der Waals surface area contributed by atoms with E-state index in [9.17, 15) is 9.59 Å². The third-order valence-corrected chi connectivity index (χ3v) is 5.73. The Hall–Kier alpha value is -2.45. The van der Waals surface area contributed by atoms with E-state index < -0.39 is 0 Å². The highest BCUT2D eigenvalue weighted by atomic mass is 32.1. The van der Waals surface area contributed by atoms with Gasteiger partial charge in [-0.2, -0.15) is 0 Å². The summed E-state index contributed by atoms with van der Waals surface area (Å²) in [5.41, 5.74) is 1.01. The molecule has 8 heteroatoms. The van der Waals surface area contributed by atoms with Crippen LogP contribution in [-0.4, -0.2) is 66.1 Å². The van der Waals surface area contributed by atoms with E-state index in [0.717, 1.165) is 23.5 Å². The number of carbonyl (C=O) groups is 2. The predicted octanol–water partition coefficient (Wildman–Crippen LogP) is 3.15. The molecule has 1 N–H and O–H groups in total. The van der Waals surface area contributed by atoms with Crippen LogP contribution < -0.4 is 5.32 Å². The number of nitrogens with one attached hydrogen (secondary N) is 1. The standard InChI is InChI=1S/C22H30N4O3S/c1-17(2)16-29-22(28)26-11-6-10-25(12-13-26)15-19(27)24-20(21-23-9-14-30-21)18-7-4-3-5-8-18/h3-5,7-9,14,17,20H,6,10-13,15-16H2,1-2H3,(H,24,27). The van der Waals surface area contributed by atoms with Crippen LogP contribution >= 0.6 is 11.3 Å². The molecule has 0 saturated carbocycles. The van der Waals surface area contributed by atoms with E-state index in [4.69, 9.17) is 4.74 Å². The molecule has 0 radical (unpaired) electrons. The van der Waals surface area contributed by atoms with Crippen LogP contribution in [0, 0.1) is 5.92 Å². The highest BCUT2D eigenvalue weighted by Gasteiger charge is 2.24. The maximum Gasteiger partial charge on any atom is 0.409 e. The van der Waals surface area contributed by atoms with Crippen LogP contribution in [0.25, 0.3) is 0 Å². The molecule has 3 rings (SSSR count). The lowest BCUT2D eigenvalue weighted by atomic mass is 10.1.